The number of aryl methyl sites for hydroxylation is 1. The zero-order chi connectivity index (χ0) is 10.4. The van der Waals surface area contributed by atoms with Gasteiger partial charge < -0.3 is 4.74 Å². The number of benzene rings is 1. The molecule has 0 radical (unpaired) electrons. The van der Waals surface area contributed by atoms with E-state index in [1.54, 1.807) is 0 Å². The molecule has 0 amide bonds. The fourth-order valence-electron chi connectivity index (χ4n) is 1.12. The smallest absolute Gasteiger partial charge is 0.384 e. The van der Waals surface area contributed by atoms with Crippen molar-refractivity contribution in [2.45, 2.75) is 13.3 Å². The molecular formula is C12H12O2. The topological polar surface area (TPSA) is 26.3 Å². The van der Waals surface area contributed by atoms with E-state index in [2.05, 4.69) is 23.5 Å². The lowest BCUT2D eigenvalue weighted by molar-refractivity contribution is -0.133. The molecule has 0 aliphatic heterocycles. The average Bonchev–Trinajstić information content (AvgIpc) is 2.26. The van der Waals surface area contributed by atoms with Gasteiger partial charge in [0, 0.05) is 11.5 Å². The van der Waals surface area contributed by atoms with E-state index in [0.717, 1.165) is 17.5 Å². The molecule has 1 aromatic carbocycles. The van der Waals surface area contributed by atoms with Crippen molar-refractivity contribution in [1.29, 1.82) is 0 Å². The molecule has 1 aromatic rings. The van der Waals surface area contributed by atoms with Gasteiger partial charge in [-0.2, -0.15) is 0 Å². The Labute approximate surface area is 83.9 Å². The summed E-state index contributed by atoms with van der Waals surface area (Å²) in [6.07, 6.45) is 0.909. The third-order valence-corrected chi connectivity index (χ3v) is 1.88. The summed E-state index contributed by atoms with van der Waals surface area (Å²) >= 11 is 0. The van der Waals surface area contributed by atoms with Crippen molar-refractivity contribution in [3.05, 3.63) is 35.4 Å². The van der Waals surface area contributed by atoms with Gasteiger partial charge in [0.05, 0.1) is 7.11 Å². The van der Waals surface area contributed by atoms with E-state index < -0.39 is 5.97 Å². The van der Waals surface area contributed by atoms with Gasteiger partial charge in [-0.05, 0) is 18.1 Å². The molecule has 0 fully saturated rings. The number of hydrogen-bond acceptors (Lipinski definition) is 2. The monoisotopic (exact) mass is 188 g/mol. The summed E-state index contributed by atoms with van der Waals surface area (Å²) in [4.78, 5) is 10.8. The summed E-state index contributed by atoms with van der Waals surface area (Å²) in [7, 11) is 1.32. The number of carbonyl (C=O) groups excluding carboxylic acids is 1. The SMILES string of the molecule is CCc1ccccc1C#CC(=O)OC. The molecule has 0 aliphatic carbocycles. The van der Waals surface area contributed by atoms with Crippen molar-refractivity contribution < 1.29 is 9.53 Å². The number of carbonyl (C=O) groups is 1. The van der Waals surface area contributed by atoms with E-state index in [-0.39, 0.29) is 0 Å². The lowest BCUT2D eigenvalue weighted by Crippen LogP contribution is -1.95. The maximum Gasteiger partial charge on any atom is 0.384 e. The standard InChI is InChI=1S/C12H12O2/c1-3-10-6-4-5-7-11(10)8-9-12(13)14-2/h4-7H,3H2,1-2H3. The first-order valence-corrected chi connectivity index (χ1v) is 4.45. The predicted octanol–water partition coefficient (Wildman–Crippen LogP) is 1.77. The number of hydrogen-bond donors (Lipinski definition) is 0. The van der Waals surface area contributed by atoms with E-state index in [9.17, 15) is 4.79 Å². The van der Waals surface area contributed by atoms with E-state index in [0.29, 0.717) is 0 Å². The van der Waals surface area contributed by atoms with Gasteiger partial charge in [0.15, 0.2) is 0 Å². The minimum Gasteiger partial charge on any atom is -0.459 e. The van der Waals surface area contributed by atoms with Gasteiger partial charge in [0.2, 0.25) is 0 Å². The first-order valence-electron chi connectivity index (χ1n) is 4.45. The second-order valence-corrected chi connectivity index (χ2v) is 2.75. The van der Waals surface area contributed by atoms with Gasteiger partial charge >= 0.3 is 5.97 Å². The summed E-state index contributed by atoms with van der Waals surface area (Å²) in [5.74, 6) is 4.70. The van der Waals surface area contributed by atoms with E-state index >= 15 is 0 Å². The van der Waals surface area contributed by atoms with E-state index in [4.69, 9.17) is 0 Å². The summed E-state index contributed by atoms with van der Waals surface area (Å²) in [6, 6.07) is 7.76. The van der Waals surface area contributed by atoms with Gasteiger partial charge in [0.1, 0.15) is 0 Å². The summed E-state index contributed by atoms with van der Waals surface area (Å²) in [5, 5.41) is 0. The third-order valence-electron chi connectivity index (χ3n) is 1.88. The first kappa shape index (κ1) is 10.3. The highest BCUT2D eigenvalue weighted by Gasteiger charge is 1.96. The Hall–Kier alpha value is -1.75. The molecule has 0 unspecified atom stereocenters. The number of methoxy groups -OCH3 is 1. The Morgan fingerprint density at radius 2 is 2.14 bits per heavy atom. The molecule has 0 saturated heterocycles. The van der Waals surface area contributed by atoms with Crippen LogP contribution in [0.4, 0.5) is 0 Å². The zero-order valence-corrected chi connectivity index (χ0v) is 8.33. The Morgan fingerprint density at radius 3 is 2.79 bits per heavy atom. The van der Waals surface area contributed by atoms with Crippen LogP contribution < -0.4 is 0 Å². The van der Waals surface area contributed by atoms with Crippen LogP contribution in [0.2, 0.25) is 0 Å². The van der Waals surface area contributed by atoms with Crippen molar-refractivity contribution >= 4 is 5.97 Å². The van der Waals surface area contributed by atoms with Crippen LogP contribution in [-0.4, -0.2) is 13.1 Å². The first-order chi connectivity index (χ1) is 6.77. The zero-order valence-electron chi connectivity index (χ0n) is 8.33. The van der Waals surface area contributed by atoms with Crippen molar-refractivity contribution in [2.75, 3.05) is 7.11 Å². The van der Waals surface area contributed by atoms with Crippen LogP contribution in [0.5, 0.6) is 0 Å². The fraction of sp³-hybridized carbons (Fsp3) is 0.250. The highest BCUT2D eigenvalue weighted by molar-refractivity contribution is 5.89. The van der Waals surface area contributed by atoms with Crippen LogP contribution in [-0.2, 0) is 16.0 Å². The normalized spacial score (nSPS) is 8.71. The summed E-state index contributed by atoms with van der Waals surface area (Å²) in [5.41, 5.74) is 2.03. The van der Waals surface area contributed by atoms with Crippen LogP contribution in [0.15, 0.2) is 24.3 Å². The van der Waals surface area contributed by atoms with Crippen LogP contribution >= 0.6 is 0 Å². The van der Waals surface area contributed by atoms with E-state index in [1.165, 1.54) is 7.11 Å². The van der Waals surface area contributed by atoms with Crippen LogP contribution in [0.3, 0.4) is 0 Å². The Kier molecular flexibility index (Phi) is 3.75. The molecule has 0 heterocycles. The maximum absolute atomic E-state index is 10.8. The Bertz CT molecular complexity index is 383. The van der Waals surface area contributed by atoms with Crippen LogP contribution in [0, 0.1) is 11.8 Å². The highest BCUT2D eigenvalue weighted by atomic mass is 16.5. The van der Waals surface area contributed by atoms with Gasteiger partial charge in [-0.3, -0.25) is 0 Å². The van der Waals surface area contributed by atoms with Gasteiger partial charge in [-0.15, -0.1) is 0 Å². The van der Waals surface area contributed by atoms with E-state index in [1.807, 2.05) is 24.3 Å². The second-order valence-electron chi connectivity index (χ2n) is 2.75. The van der Waals surface area contributed by atoms with Gasteiger partial charge in [0.25, 0.3) is 0 Å². The van der Waals surface area contributed by atoms with Crippen molar-refractivity contribution in [3.8, 4) is 11.8 Å². The largest absolute Gasteiger partial charge is 0.459 e. The number of rotatable bonds is 1. The van der Waals surface area contributed by atoms with Gasteiger partial charge in [-0.25, -0.2) is 4.79 Å². The Balaban J connectivity index is 2.94. The fourth-order valence-corrected chi connectivity index (χ4v) is 1.12. The summed E-state index contributed by atoms with van der Waals surface area (Å²) < 4.78 is 4.43. The lowest BCUT2D eigenvalue weighted by atomic mass is 10.1. The average molecular weight is 188 g/mol. The molecule has 0 N–H and O–H groups in total. The van der Waals surface area contributed by atoms with Crippen molar-refractivity contribution in [1.82, 2.24) is 0 Å². The molecule has 1 rings (SSSR count). The minimum absolute atomic E-state index is 0.504. The van der Waals surface area contributed by atoms with Crippen molar-refractivity contribution in [2.24, 2.45) is 0 Å². The second kappa shape index (κ2) is 5.08. The lowest BCUT2D eigenvalue weighted by Gasteiger charge is -1.98. The molecule has 72 valence electrons. The van der Waals surface area contributed by atoms with Crippen LogP contribution in [0.25, 0.3) is 0 Å². The molecule has 0 atom stereocenters. The molecule has 14 heavy (non-hydrogen) atoms. The molecule has 0 bridgehead atoms. The molecule has 2 nitrogen and oxygen atoms in total. The van der Waals surface area contributed by atoms with Crippen LogP contribution in [0.1, 0.15) is 18.1 Å². The van der Waals surface area contributed by atoms with Gasteiger partial charge in [-0.1, -0.05) is 31.0 Å². The maximum atomic E-state index is 10.8. The Morgan fingerprint density at radius 1 is 1.43 bits per heavy atom. The molecule has 0 saturated carbocycles. The quantitative estimate of drug-likeness (QED) is 0.496. The molecule has 0 aromatic heterocycles. The molecule has 2 heteroatoms. The predicted molar refractivity (Wildman–Crippen MR) is 54.7 cm³/mol. The highest BCUT2D eigenvalue weighted by Crippen LogP contribution is 2.07. The molecule has 0 aliphatic rings. The minimum atomic E-state index is -0.504. The molecular weight excluding hydrogens is 176 g/mol. The number of ether oxygens (including phenoxy) is 1. The summed E-state index contributed by atoms with van der Waals surface area (Å²) in [6.45, 7) is 2.05. The van der Waals surface area contributed by atoms with Crippen molar-refractivity contribution in [3.63, 3.8) is 0 Å². The molecule has 0 spiro atoms. The third kappa shape index (κ3) is 2.63. The number of esters is 1.